The number of rotatable bonds is 7. The van der Waals surface area contributed by atoms with Gasteiger partial charge >= 0.3 is 6.18 Å². The van der Waals surface area contributed by atoms with Gasteiger partial charge in [0.15, 0.2) is 5.60 Å². The van der Waals surface area contributed by atoms with E-state index in [1.807, 2.05) is 0 Å². The Labute approximate surface area is 127 Å². The van der Waals surface area contributed by atoms with E-state index >= 15 is 0 Å². The van der Waals surface area contributed by atoms with Crippen molar-refractivity contribution in [1.29, 1.82) is 0 Å². The third-order valence-corrected chi connectivity index (χ3v) is 3.38. The van der Waals surface area contributed by atoms with Crippen molar-refractivity contribution in [2.24, 2.45) is 0 Å². The molecule has 1 unspecified atom stereocenters. The molecule has 2 N–H and O–H groups in total. The molecule has 0 aliphatic rings. The van der Waals surface area contributed by atoms with Gasteiger partial charge in [0, 0.05) is 20.1 Å². The van der Waals surface area contributed by atoms with Crippen LogP contribution in [0.5, 0.6) is 0 Å². The summed E-state index contributed by atoms with van der Waals surface area (Å²) >= 11 is 0. The second-order valence-electron chi connectivity index (χ2n) is 5.15. The highest BCUT2D eigenvalue weighted by Gasteiger charge is 2.54. The van der Waals surface area contributed by atoms with Gasteiger partial charge in [-0.2, -0.15) is 13.2 Å². The van der Waals surface area contributed by atoms with Crippen molar-refractivity contribution >= 4 is 5.91 Å². The molecule has 1 aromatic rings. The number of carbonyl (C=O) groups is 1. The van der Waals surface area contributed by atoms with E-state index in [1.54, 1.807) is 37.3 Å². The number of benzene rings is 1. The predicted molar refractivity (Wildman–Crippen MR) is 75.1 cm³/mol. The van der Waals surface area contributed by atoms with Gasteiger partial charge in [-0.15, -0.1) is 0 Å². The van der Waals surface area contributed by atoms with E-state index in [2.05, 4.69) is 10.1 Å². The normalized spacial score (nSPS) is 15.9. The van der Waals surface area contributed by atoms with Gasteiger partial charge in [0.05, 0.1) is 12.5 Å². The zero-order chi connectivity index (χ0) is 16.8. The number of carbonyl (C=O) groups excluding carboxylic acids is 1. The molecule has 0 bridgehead atoms. The minimum absolute atomic E-state index is 0.294. The number of nitrogens with one attached hydrogen (secondary N) is 1. The Kier molecular flexibility index (Phi) is 6.37. The molecule has 124 valence electrons. The number of halogens is 3. The van der Waals surface area contributed by atoms with Crippen LogP contribution < -0.4 is 5.32 Å². The molecular weight excluding hydrogens is 299 g/mol. The minimum atomic E-state index is -4.90. The first-order chi connectivity index (χ1) is 10.2. The Bertz CT molecular complexity index is 479. The quantitative estimate of drug-likeness (QED) is 0.812. The van der Waals surface area contributed by atoms with Gasteiger partial charge in [-0.1, -0.05) is 30.3 Å². The van der Waals surface area contributed by atoms with Crippen molar-refractivity contribution in [2.75, 3.05) is 13.7 Å². The first kappa shape index (κ1) is 18.4. The Morgan fingerprint density at radius 3 is 2.41 bits per heavy atom. The van der Waals surface area contributed by atoms with Crippen LogP contribution in [-0.2, 0) is 9.53 Å². The molecule has 0 fully saturated rings. The predicted octanol–water partition coefficient (Wildman–Crippen LogP) is 2.58. The van der Waals surface area contributed by atoms with Crippen LogP contribution in [0.2, 0.25) is 0 Å². The van der Waals surface area contributed by atoms with Gasteiger partial charge in [-0.25, -0.2) is 0 Å². The highest BCUT2D eigenvalue weighted by atomic mass is 19.4. The maximum Gasteiger partial charge on any atom is 0.417 e. The number of amides is 1. The summed E-state index contributed by atoms with van der Waals surface area (Å²) < 4.78 is 43.5. The molecule has 0 radical (unpaired) electrons. The van der Waals surface area contributed by atoms with Crippen LogP contribution >= 0.6 is 0 Å². The molecule has 0 aromatic heterocycles. The van der Waals surface area contributed by atoms with Crippen LogP contribution in [0.3, 0.4) is 0 Å². The van der Waals surface area contributed by atoms with E-state index in [4.69, 9.17) is 0 Å². The average molecular weight is 319 g/mol. The first-order valence-electron chi connectivity index (χ1n) is 6.82. The van der Waals surface area contributed by atoms with Gasteiger partial charge in [0.25, 0.3) is 0 Å². The summed E-state index contributed by atoms with van der Waals surface area (Å²) in [5.41, 5.74) is -2.33. The van der Waals surface area contributed by atoms with Gasteiger partial charge in [0.1, 0.15) is 0 Å². The fraction of sp³-hybridized carbons (Fsp3) is 0.533. The molecule has 7 heteroatoms. The third kappa shape index (κ3) is 4.99. The Morgan fingerprint density at radius 1 is 1.32 bits per heavy atom. The zero-order valence-electron chi connectivity index (χ0n) is 12.5. The molecule has 1 aromatic carbocycles. The van der Waals surface area contributed by atoms with Crippen LogP contribution in [0, 0.1) is 0 Å². The van der Waals surface area contributed by atoms with Crippen LogP contribution in [-0.4, -0.2) is 36.5 Å². The number of hydrogen-bond donors (Lipinski definition) is 2. The molecular formula is C15H20F3NO3. The zero-order valence-corrected chi connectivity index (χ0v) is 12.5. The fourth-order valence-electron chi connectivity index (χ4n) is 1.98. The highest BCUT2D eigenvalue weighted by Crippen LogP contribution is 2.36. The smallest absolute Gasteiger partial charge is 0.385 e. The van der Waals surface area contributed by atoms with Crippen molar-refractivity contribution < 1.29 is 27.8 Å². The van der Waals surface area contributed by atoms with Crippen molar-refractivity contribution in [3.05, 3.63) is 35.9 Å². The fourth-order valence-corrected chi connectivity index (χ4v) is 1.98. The van der Waals surface area contributed by atoms with Gasteiger partial charge in [0.2, 0.25) is 5.91 Å². The lowest BCUT2D eigenvalue weighted by Gasteiger charge is -2.30. The van der Waals surface area contributed by atoms with Gasteiger partial charge in [-0.05, 0) is 12.5 Å². The van der Waals surface area contributed by atoms with Crippen molar-refractivity contribution in [3.63, 3.8) is 0 Å². The molecule has 0 saturated carbocycles. The summed E-state index contributed by atoms with van der Waals surface area (Å²) in [7, 11) is 1.23. The lowest BCUT2D eigenvalue weighted by molar-refractivity contribution is -0.265. The molecule has 4 nitrogen and oxygen atoms in total. The Morgan fingerprint density at radius 2 is 1.91 bits per heavy atom. The maximum atomic E-state index is 13.0. The van der Waals surface area contributed by atoms with Gasteiger partial charge < -0.3 is 15.2 Å². The molecule has 1 rings (SSSR count). The second-order valence-corrected chi connectivity index (χ2v) is 5.15. The average Bonchev–Trinajstić information content (AvgIpc) is 2.44. The van der Waals surface area contributed by atoms with Crippen LogP contribution in [0.25, 0.3) is 0 Å². The molecule has 1 amide bonds. The second kappa shape index (κ2) is 7.60. The summed E-state index contributed by atoms with van der Waals surface area (Å²) in [6, 6.07) is 8.39. The molecule has 0 spiro atoms. The Hall–Kier alpha value is -1.60. The highest BCUT2D eigenvalue weighted by molar-refractivity contribution is 5.77. The molecule has 0 heterocycles. The van der Waals surface area contributed by atoms with Crippen molar-refractivity contribution in [3.8, 4) is 0 Å². The van der Waals surface area contributed by atoms with E-state index in [1.165, 1.54) is 7.11 Å². The summed E-state index contributed by atoms with van der Waals surface area (Å²) in [6.07, 6.45) is -6.66. The van der Waals surface area contributed by atoms with Crippen LogP contribution in [0.4, 0.5) is 13.2 Å². The maximum absolute atomic E-state index is 13.0. The topological polar surface area (TPSA) is 58.6 Å². The van der Waals surface area contributed by atoms with Crippen LogP contribution in [0.1, 0.15) is 31.4 Å². The summed E-state index contributed by atoms with van der Waals surface area (Å²) in [5, 5.41) is 12.2. The molecule has 0 saturated heterocycles. The number of hydrogen-bond acceptors (Lipinski definition) is 3. The monoisotopic (exact) mass is 319 g/mol. The minimum Gasteiger partial charge on any atom is -0.385 e. The lowest BCUT2D eigenvalue weighted by Crippen LogP contribution is -2.49. The third-order valence-electron chi connectivity index (χ3n) is 3.38. The largest absolute Gasteiger partial charge is 0.417 e. The van der Waals surface area contributed by atoms with E-state index in [-0.39, 0.29) is 6.61 Å². The summed E-state index contributed by atoms with van der Waals surface area (Å²) in [5.74, 6) is -0.868. The standard InChI is InChI=1S/C15H20F3NO3/c1-11(12-6-4-3-5-7-12)19-13(20)10-14(21,8-9-22-2)15(16,17)18/h3-7,11,21H,8-10H2,1-2H3,(H,19,20)/t11?,14-/m0/s1. The molecule has 2 atom stereocenters. The van der Waals surface area contributed by atoms with E-state index in [9.17, 15) is 23.1 Å². The van der Waals surface area contributed by atoms with E-state index in [0.29, 0.717) is 0 Å². The SMILES string of the molecule is COCC[C@](O)(CC(=O)NC(C)c1ccccc1)C(F)(F)F. The lowest BCUT2D eigenvalue weighted by atomic mass is 9.94. The van der Waals surface area contributed by atoms with Crippen molar-refractivity contribution in [1.82, 2.24) is 5.32 Å². The van der Waals surface area contributed by atoms with E-state index < -0.39 is 36.6 Å². The van der Waals surface area contributed by atoms with Crippen LogP contribution in [0.15, 0.2) is 30.3 Å². The summed E-state index contributed by atoms with van der Waals surface area (Å²) in [4.78, 5) is 11.8. The number of alkyl halides is 3. The van der Waals surface area contributed by atoms with Crippen molar-refractivity contribution in [2.45, 2.75) is 37.6 Å². The van der Waals surface area contributed by atoms with E-state index in [0.717, 1.165) is 5.56 Å². The Balaban J connectivity index is 2.71. The molecule has 0 aliphatic carbocycles. The number of methoxy groups -OCH3 is 1. The van der Waals surface area contributed by atoms with Gasteiger partial charge in [-0.3, -0.25) is 4.79 Å². The number of ether oxygens (including phenoxy) is 1. The summed E-state index contributed by atoms with van der Waals surface area (Å²) in [6.45, 7) is 1.37. The molecule has 0 aliphatic heterocycles. The molecule has 22 heavy (non-hydrogen) atoms. The number of aliphatic hydroxyl groups is 1. The first-order valence-corrected chi connectivity index (χ1v) is 6.82.